The van der Waals surface area contributed by atoms with Gasteiger partial charge in [-0.25, -0.2) is 0 Å². The van der Waals surface area contributed by atoms with Gasteiger partial charge in [0.25, 0.3) is 0 Å². The van der Waals surface area contributed by atoms with Crippen LogP contribution in [0.4, 0.5) is 51.2 Å². The molecule has 0 unspecified atom stereocenters. The number of hydrogen-bond acceptors (Lipinski definition) is 3. The molecule has 3 heteroatoms. The van der Waals surface area contributed by atoms with Gasteiger partial charge in [0.15, 0.2) is 0 Å². The Kier molecular flexibility index (Phi) is 7.82. The van der Waals surface area contributed by atoms with Crippen LogP contribution in [-0.2, 0) is 0 Å². The highest BCUT2D eigenvalue weighted by Gasteiger charge is 2.29. The monoisotopic (exact) mass is 727 g/mol. The van der Waals surface area contributed by atoms with Crippen molar-refractivity contribution in [1.82, 2.24) is 0 Å². The molecular formula is C54H37N3. The van der Waals surface area contributed by atoms with E-state index in [0.29, 0.717) is 0 Å². The molecule has 0 bridgehead atoms. The van der Waals surface area contributed by atoms with Crippen LogP contribution >= 0.6 is 0 Å². The molecule has 0 N–H and O–H groups in total. The fourth-order valence-electron chi connectivity index (χ4n) is 8.69. The van der Waals surface area contributed by atoms with Crippen LogP contribution in [0.2, 0.25) is 0 Å². The van der Waals surface area contributed by atoms with E-state index in [4.69, 9.17) is 0 Å². The molecule has 0 saturated heterocycles. The highest BCUT2D eigenvalue weighted by atomic mass is 15.2. The normalized spacial score (nSPS) is 11.8. The molecule has 57 heavy (non-hydrogen) atoms. The first-order chi connectivity index (χ1) is 28.3. The lowest BCUT2D eigenvalue weighted by atomic mass is 9.89. The van der Waals surface area contributed by atoms with Crippen molar-refractivity contribution in [2.45, 2.75) is 0 Å². The fourth-order valence-corrected chi connectivity index (χ4v) is 8.69. The van der Waals surface area contributed by atoms with Crippen LogP contribution in [0.15, 0.2) is 224 Å². The third-order valence-corrected chi connectivity index (χ3v) is 11.3. The number of fused-ring (bicyclic) bond motifs is 4. The molecule has 1 aliphatic rings. The largest absolute Gasteiger partial charge is 0.310 e. The summed E-state index contributed by atoms with van der Waals surface area (Å²) in [7, 11) is 0. The lowest BCUT2D eigenvalue weighted by Gasteiger charge is -2.36. The number of hydrogen-bond donors (Lipinski definition) is 0. The summed E-state index contributed by atoms with van der Waals surface area (Å²) in [4.78, 5) is 7.23. The van der Waals surface area contributed by atoms with Crippen molar-refractivity contribution in [3.05, 3.63) is 224 Å². The third-order valence-electron chi connectivity index (χ3n) is 11.3. The zero-order valence-electron chi connectivity index (χ0n) is 31.2. The molecule has 0 spiro atoms. The van der Waals surface area contributed by atoms with E-state index in [2.05, 4.69) is 239 Å². The first kappa shape index (κ1) is 32.8. The van der Waals surface area contributed by atoms with Crippen molar-refractivity contribution in [1.29, 1.82) is 0 Å². The predicted molar refractivity (Wildman–Crippen MR) is 242 cm³/mol. The minimum absolute atomic E-state index is 1.09. The van der Waals surface area contributed by atoms with E-state index in [9.17, 15) is 0 Å². The lowest BCUT2D eigenvalue weighted by Crippen LogP contribution is -2.17. The maximum absolute atomic E-state index is 2.45. The summed E-state index contributed by atoms with van der Waals surface area (Å²) in [6.45, 7) is 0. The molecule has 1 heterocycles. The van der Waals surface area contributed by atoms with Crippen LogP contribution in [0.5, 0.6) is 0 Å². The minimum Gasteiger partial charge on any atom is -0.310 e. The van der Waals surface area contributed by atoms with Gasteiger partial charge in [0, 0.05) is 50.5 Å². The van der Waals surface area contributed by atoms with Crippen molar-refractivity contribution in [2.75, 3.05) is 14.7 Å². The quantitative estimate of drug-likeness (QED) is 0.162. The Balaban J connectivity index is 1.14. The molecule has 0 atom stereocenters. The minimum atomic E-state index is 1.09. The van der Waals surface area contributed by atoms with Crippen molar-refractivity contribution in [3.63, 3.8) is 0 Å². The summed E-state index contributed by atoms with van der Waals surface area (Å²) >= 11 is 0. The van der Waals surface area contributed by atoms with Gasteiger partial charge in [-0.05, 0) is 112 Å². The van der Waals surface area contributed by atoms with Gasteiger partial charge in [-0.3, -0.25) is 0 Å². The molecule has 0 radical (unpaired) electrons. The Labute approximate surface area is 332 Å². The topological polar surface area (TPSA) is 9.72 Å². The second kappa shape index (κ2) is 13.6. The van der Waals surface area contributed by atoms with E-state index in [0.717, 1.165) is 51.2 Å². The highest BCUT2D eigenvalue weighted by molar-refractivity contribution is 6.18. The Morgan fingerprint density at radius 3 is 1.46 bits per heavy atom. The van der Waals surface area contributed by atoms with Gasteiger partial charge in [0.1, 0.15) is 0 Å². The molecule has 0 aliphatic carbocycles. The number of nitrogens with zero attached hydrogens (tertiary/aromatic N) is 3. The average Bonchev–Trinajstić information content (AvgIpc) is 3.28. The standard InChI is InChI=1S/C54H37N3/c1-4-19-42(20-5-1)55(45-29-27-38-15-10-12-17-40(38)35-45)47-31-32-48-49-33-34-51(50-25-14-26-52(54(49)50)57(53(48)37-47)44-23-8-3-9-24-44)56(43-21-6-2-7-22-43)46-30-28-39-16-11-13-18-41(39)36-46/h1-37H. The first-order valence-corrected chi connectivity index (χ1v) is 19.5. The number of para-hydroxylation sites is 3. The molecule has 268 valence electrons. The van der Waals surface area contributed by atoms with Crippen LogP contribution in [-0.4, -0.2) is 0 Å². The smallest absolute Gasteiger partial charge is 0.0561 e. The van der Waals surface area contributed by atoms with E-state index < -0.39 is 0 Å². The molecule has 1 aliphatic heterocycles. The van der Waals surface area contributed by atoms with Crippen LogP contribution in [0.1, 0.15) is 0 Å². The summed E-state index contributed by atoms with van der Waals surface area (Å²) in [5, 5.41) is 7.31. The summed E-state index contributed by atoms with van der Waals surface area (Å²) < 4.78 is 0. The molecule has 11 rings (SSSR count). The second-order valence-corrected chi connectivity index (χ2v) is 14.6. The van der Waals surface area contributed by atoms with Gasteiger partial charge in [-0.15, -0.1) is 0 Å². The molecule has 0 aromatic heterocycles. The van der Waals surface area contributed by atoms with Gasteiger partial charge in [-0.2, -0.15) is 0 Å². The first-order valence-electron chi connectivity index (χ1n) is 19.5. The summed E-state index contributed by atoms with van der Waals surface area (Å²) in [5.41, 5.74) is 12.5. The zero-order valence-corrected chi connectivity index (χ0v) is 31.2. The summed E-state index contributed by atoms with van der Waals surface area (Å²) in [6.07, 6.45) is 0. The number of rotatable bonds is 7. The van der Waals surface area contributed by atoms with Gasteiger partial charge < -0.3 is 14.7 Å². The fraction of sp³-hybridized carbons (Fsp3) is 0. The Bertz CT molecular complexity index is 3090. The Hall–Kier alpha value is -7.62. The van der Waals surface area contributed by atoms with Gasteiger partial charge >= 0.3 is 0 Å². The van der Waals surface area contributed by atoms with Crippen LogP contribution < -0.4 is 14.7 Å². The van der Waals surface area contributed by atoms with Crippen molar-refractivity contribution >= 4 is 83.5 Å². The van der Waals surface area contributed by atoms with Crippen molar-refractivity contribution < 1.29 is 0 Å². The predicted octanol–water partition coefficient (Wildman–Crippen LogP) is 15.5. The molecular weight excluding hydrogens is 691 g/mol. The number of anilines is 9. The third kappa shape index (κ3) is 5.60. The van der Waals surface area contributed by atoms with E-state index in [1.54, 1.807) is 0 Å². The van der Waals surface area contributed by atoms with Gasteiger partial charge in [-0.1, -0.05) is 140 Å². The zero-order chi connectivity index (χ0) is 37.7. The summed E-state index contributed by atoms with van der Waals surface area (Å²) in [5.74, 6) is 0. The van der Waals surface area contributed by atoms with Crippen molar-refractivity contribution in [3.8, 4) is 11.1 Å². The number of benzene rings is 10. The molecule has 10 aromatic carbocycles. The van der Waals surface area contributed by atoms with Crippen LogP contribution in [0.3, 0.4) is 0 Å². The maximum atomic E-state index is 2.45. The lowest BCUT2D eigenvalue weighted by molar-refractivity contribution is 1.25. The highest BCUT2D eigenvalue weighted by Crippen LogP contribution is 2.55. The van der Waals surface area contributed by atoms with Gasteiger partial charge in [0.05, 0.1) is 17.1 Å². The molecule has 10 aromatic rings. The molecule has 3 nitrogen and oxygen atoms in total. The van der Waals surface area contributed by atoms with Crippen molar-refractivity contribution in [2.24, 2.45) is 0 Å². The van der Waals surface area contributed by atoms with E-state index in [-0.39, 0.29) is 0 Å². The summed E-state index contributed by atoms with van der Waals surface area (Å²) in [6, 6.07) is 81.3. The maximum Gasteiger partial charge on any atom is 0.0561 e. The Morgan fingerprint density at radius 2 is 0.807 bits per heavy atom. The van der Waals surface area contributed by atoms with Crippen LogP contribution in [0.25, 0.3) is 43.4 Å². The Morgan fingerprint density at radius 1 is 0.298 bits per heavy atom. The average molecular weight is 728 g/mol. The molecule has 0 fully saturated rings. The SMILES string of the molecule is c1ccc(N(c2ccc3c(c2)N(c2ccccc2)c2cccc4c(N(c5ccccc5)c5ccc6ccccc6c5)ccc-3c24)c2ccc3ccccc3c2)cc1. The second-order valence-electron chi connectivity index (χ2n) is 14.6. The molecule has 0 amide bonds. The van der Waals surface area contributed by atoms with Crippen LogP contribution in [0, 0.1) is 0 Å². The van der Waals surface area contributed by atoms with E-state index in [1.165, 1.54) is 43.4 Å². The van der Waals surface area contributed by atoms with E-state index in [1.807, 2.05) is 0 Å². The van der Waals surface area contributed by atoms with E-state index >= 15 is 0 Å². The van der Waals surface area contributed by atoms with Gasteiger partial charge in [0.2, 0.25) is 0 Å². The molecule has 0 saturated carbocycles.